The molecule has 0 spiro atoms. The number of esters is 1. The summed E-state index contributed by atoms with van der Waals surface area (Å²) in [5, 5.41) is 31.7. The van der Waals surface area contributed by atoms with E-state index in [1.807, 2.05) is 0 Å². The summed E-state index contributed by atoms with van der Waals surface area (Å²) in [6.45, 7) is 7.14. The van der Waals surface area contributed by atoms with Crippen molar-refractivity contribution in [2.24, 2.45) is 17.8 Å². The Balaban J connectivity index is 2.08. The lowest BCUT2D eigenvalue weighted by Crippen LogP contribution is -2.46. The number of carbonyl (C=O) groups is 1. The highest BCUT2D eigenvalue weighted by Crippen LogP contribution is 2.55. The van der Waals surface area contributed by atoms with Crippen LogP contribution in [-0.2, 0) is 9.53 Å². The SMILES string of the molecule is C=C1C(=O)O[C@H]2[C@H]1[C@H](O)C[C@@](C)(O)[C@@H]1CC[C@](C)(O)[C@H]21. The number of aliphatic hydroxyl groups excluding tert-OH is 1. The summed E-state index contributed by atoms with van der Waals surface area (Å²) < 4.78 is 5.40. The molecule has 1 aliphatic heterocycles. The van der Waals surface area contributed by atoms with Crippen LogP contribution < -0.4 is 0 Å². The number of carbonyl (C=O) groups excluding carboxylic acids is 1. The summed E-state index contributed by atoms with van der Waals surface area (Å²) in [6.07, 6.45) is -0.0927. The van der Waals surface area contributed by atoms with Crippen LogP contribution in [0, 0.1) is 17.8 Å². The van der Waals surface area contributed by atoms with E-state index in [2.05, 4.69) is 6.58 Å². The molecular formula is C15H22O5. The summed E-state index contributed by atoms with van der Waals surface area (Å²) in [6, 6.07) is 0. The maximum absolute atomic E-state index is 11.8. The molecule has 3 rings (SSSR count). The van der Waals surface area contributed by atoms with E-state index in [0.717, 1.165) is 0 Å². The molecule has 7 atom stereocenters. The Morgan fingerprint density at radius 2 is 1.95 bits per heavy atom. The van der Waals surface area contributed by atoms with Gasteiger partial charge in [-0.3, -0.25) is 0 Å². The summed E-state index contributed by atoms with van der Waals surface area (Å²) in [5.41, 5.74) is -1.84. The molecule has 20 heavy (non-hydrogen) atoms. The van der Waals surface area contributed by atoms with Gasteiger partial charge in [-0.25, -0.2) is 4.79 Å². The summed E-state index contributed by atoms with van der Waals surface area (Å²) in [4.78, 5) is 11.8. The molecular weight excluding hydrogens is 260 g/mol. The highest BCUT2D eigenvalue weighted by atomic mass is 16.6. The lowest BCUT2D eigenvalue weighted by molar-refractivity contribution is -0.150. The Labute approximate surface area is 118 Å². The Morgan fingerprint density at radius 1 is 1.30 bits per heavy atom. The van der Waals surface area contributed by atoms with Gasteiger partial charge in [0, 0.05) is 17.9 Å². The molecule has 1 saturated heterocycles. The van der Waals surface area contributed by atoms with Gasteiger partial charge in [0.25, 0.3) is 0 Å². The predicted octanol–water partition coefficient (Wildman–Crippen LogP) is 0.377. The second kappa shape index (κ2) is 4.06. The Morgan fingerprint density at radius 3 is 2.60 bits per heavy atom. The second-order valence-corrected chi connectivity index (χ2v) is 7.08. The maximum Gasteiger partial charge on any atom is 0.334 e. The molecule has 0 aromatic carbocycles. The lowest BCUT2D eigenvalue weighted by Gasteiger charge is -2.37. The van der Waals surface area contributed by atoms with Crippen LogP contribution in [0.3, 0.4) is 0 Å². The van der Waals surface area contributed by atoms with Crippen LogP contribution in [0.2, 0.25) is 0 Å². The van der Waals surface area contributed by atoms with E-state index in [4.69, 9.17) is 4.74 Å². The van der Waals surface area contributed by atoms with E-state index in [0.29, 0.717) is 12.8 Å². The molecule has 2 saturated carbocycles. The van der Waals surface area contributed by atoms with Gasteiger partial charge < -0.3 is 20.1 Å². The van der Waals surface area contributed by atoms with Gasteiger partial charge in [-0.15, -0.1) is 0 Å². The molecule has 5 heteroatoms. The highest BCUT2D eigenvalue weighted by Gasteiger charge is 2.62. The molecule has 3 fully saturated rings. The first-order valence-electron chi connectivity index (χ1n) is 7.18. The predicted molar refractivity (Wildman–Crippen MR) is 70.6 cm³/mol. The van der Waals surface area contributed by atoms with Crippen molar-refractivity contribution >= 4 is 5.97 Å². The number of aliphatic hydroxyl groups is 3. The molecule has 0 amide bonds. The number of hydrogen-bond donors (Lipinski definition) is 3. The minimum atomic E-state index is -1.08. The Kier molecular flexibility index (Phi) is 2.85. The Bertz CT molecular complexity index is 467. The van der Waals surface area contributed by atoms with Crippen LogP contribution in [-0.4, -0.2) is 44.7 Å². The summed E-state index contributed by atoms with van der Waals surface area (Å²) >= 11 is 0. The minimum absolute atomic E-state index is 0.168. The lowest BCUT2D eigenvalue weighted by atomic mass is 9.74. The topological polar surface area (TPSA) is 87.0 Å². The third-order valence-electron chi connectivity index (χ3n) is 5.56. The van der Waals surface area contributed by atoms with E-state index < -0.39 is 35.3 Å². The zero-order chi connectivity index (χ0) is 14.9. The molecule has 2 aliphatic carbocycles. The molecule has 112 valence electrons. The fraction of sp³-hybridized carbons (Fsp3) is 0.800. The van der Waals surface area contributed by atoms with Crippen molar-refractivity contribution in [3.63, 3.8) is 0 Å². The van der Waals surface area contributed by atoms with Crippen LogP contribution in [0.1, 0.15) is 33.1 Å². The van der Waals surface area contributed by atoms with E-state index >= 15 is 0 Å². The van der Waals surface area contributed by atoms with Crippen molar-refractivity contribution in [3.05, 3.63) is 12.2 Å². The van der Waals surface area contributed by atoms with E-state index in [-0.39, 0.29) is 23.8 Å². The van der Waals surface area contributed by atoms with Gasteiger partial charge in [-0.2, -0.15) is 0 Å². The molecule has 0 aromatic heterocycles. The van der Waals surface area contributed by atoms with Gasteiger partial charge in [0.15, 0.2) is 0 Å². The molecule has 3 aliphatic rings. The van der Waals surface area contributed by atoms with Gasteiger partial charge in [0.1, 0.15) is 6.10 Å². The van der Waals surface area contributed by atoms with Crippen LogP contribution in [0.5, 0.6) is 0 Å². The van der Waals surface area contributed by atoms with Gasteiger partial charge in [0.2, 0.25) is 0 Å². The number of rotatable bonds is 0. The van der Waals surface area contributed by atoms with E-state index in [9.17, 15) is 20.1 Å². The van der Waals surface area contributed by atoms with Crippen molar-refractivity contribution in [2.45, 2.75) is 56.5 Å². The maximum atomic E-state index is 11.8. The van der Waals surface area contributed by atoms with Crippen molar-refractivity contribution in [3.8, 4) is 0 Å². The van der Waals surface area contributed by atoms with E-state index in [1.54, 1.807) is 13.8 Å². The largest absolute Gasteiger partial charge is 0.458 e. The van der Waals surface area contributed by atoms with E-state index in [1.165, 1.54) is 0 Å². The van der Waals surface area contributed by atoms with Gasteiger partial charge in [0.05, 0.1) is 23.2 Å². The standard InChI is InChI=1S/C15H22O5/c1-7-10-9(16)6-15(3,19)8-4-5-14(2,18)11(8)12(10)20-13(7)17/h8-12,16,18-19H,1,4-6H2,2-3H3/t8-,9-,10-,11+,12+,14+,15-/m1/s1. The third kappa shape index (κ3) is 1.76. The third-order valence-corrected chi connectivity index (χ3v) is 5.56. The van der Waals surface area contributed by atoms with Crippen molar-refractivity contribution < 1.29 is 24.9 Å². The zero-order valence-electron chi connectivity index (χ0n) is 11.9. The first-order valence-corrected chi connectivity index (χ1v) is 7.18. The average Bonchev–Trinajstić information content (AvgIpc) is 2.73. The summed E-state index contributed by atoms with van der Waals surface area (Å²) in [7, 11) is 0. The van der Waals surface area contributed by atoms with Gasteiger partial charge in [-0.1, -0.05) is 6.58 Å². The summed E-state index contributed by atoms with van der Waals surface area (Å²) in [5.74, 6) is -1.60. The molecule has 5 nitrogen and oxygen atoms in total. The number of ether oxygens (including phenoxy) is 1. The molecule has 0 bridgehead atoms. The van der Waals surface area contributed by atoms with Crippen molar-refractivity contribution in [1.29, 1.82) is 0 Å². The normalized spacial score (nSPS) is 55.1. The minimum Gasteiger partial charge on any atom is -0.458 e. The number of fused-ring (bicyclic) bond motifs is 3. The van der Waals surface area contributed by atoms with Crippen LogP contribution in [0.15, 0.2) is 12.2 Å². The second-order valence-electron chi connectivity index (χ2n) is 7.08. The fourth-order valence-electron chi connectivity index (χ4n) is 4.56. The van der Waals surface area contributed by atoms with Crippen molar-refractivity contribution in [2.75, 3.05) is 0 Å². The van der Waals surface area contributed by atoms with Crippen LogP contribution >= 0.6 is 0 Å². The molecule has 0 aromatic rings. The first kappa shape index (κ1) is 14.0. The molecule has 0 radical (unpaired) electrons. The smallest absolute Gasteiger partial charge is 0.334 e. The quantitative estimate of drug-likeness (QED) is 0.441. The fourth-order valence-corrected chi connectivity index (χ4v) is 4.56. The molecule has 3 N–H and O–H groups in total. The van der Waals surface area contributed by atoms with Gasteiger partial charge in [-0.05, 0) is 32.6 Å². The zero-order valence-corrected chi connectivity index (χ0v) is 11.9. The van der Waals surface area contributed by atoms with Crippen LogP contribution in [0.4, 0.5) is 0 Å². The molecule has 1 heterocycles. The Hall–Kier alpha value is -0.910. The average molecular weight is 282 g/mol. The first-order chi connectivity index (χ1) is 9.15. The van der Waals surface area contributed by atoms with Gasteiger partial charge >= 0.3 is 5.97 Å². The highest BCUT2D eigenvalue weighted by molar-refractivity contribution is 5.91. The van der Waals surface area contributed by atoms with Crippen LogP contribution in [0.25, 0.3) is 0 Å². The van der Waals surface area contributed by atoms with Crippen molar-refractivity contribution in [1.82, 2.24) is 0 Å². The monoisotopic (exact) mass is 282 g/mol. The molecule has 0 unspecified atom stereocenters. The number of hydrogen-bond acceptors (Lipinski definition) is 5.